The Kier molecular flexibility index (Phi) is 5.93. The van der Waals surface area contributed by atoms with Crippen LogP contribution in [0.4, 0.5) is 18.9 Å². The lowest BCUT2D eigenvalue weighted by Gasteiger charge is -2.32. The summed E-state index contributed by atoms with van der Waals surface area (Å²) < 4.78 is 39.9. The van der Waals surface area contributed by atoms with Gasteiger partial charge in [-0.1, -0.05) is 6.07 Å². The van der Waals surface area contributed by atoms with E-state index in [4.69, 9.17) is 5.26 Å². The summed E-state index contributed by atoms with van der Waals surface area (Å²) >= 11 is 1.46. The van der Waals surface area contributed by atoms with Crippen molar-refractivity contribution in [3.05, 3.63) is 51.7 Å². The number of carbonyl (C=O) groups is 1. The quantitative estimate of drug-likeness (QED) is 0.783. The maximum absolute atomic E-state index is 13.3. The van der Waals surface area contributed by atoms with E-state index < -0.39 is 23.3 Å². The van der Waals surface area contributed by atoms with E-state index in [0.29, 0.717) is 6.54 Å². The number of thiophene rings is 1. The lowest BCUT2D eigenvalue weighted by Crippen LogP contribution is -2.44. The predicted octanol–water partition coefficient (Wildman–Crippen LogP) is 4.12. The van der Waals surface area contributed by atoms with Crippen molar-refractivity contribution in [3.8, 4) is 6.07 Å². The minimum Gasteiger partial charge on any atom is -0.355 e. The standard InChI is InChI=1S/C18H18F3N3OS/c1-12(17(25)23(2)3)24(11-15-5-4-8-26-15)14-7-6-13(10-22)16(9-14)18(19,20)21/h4-9,12H,11H2,1-3H3. The third kappa shape index (κ3) is 4.35. The zero-order valence-electron chi connectivity index (χ0n) is 14.5. The van der Waals surface area contributed by atoms with Gasteiger partial charge in [0.1, 0.15) is 6.04 Å². The molecule has 4 nitrogen and oxygen atoms in total. The molecule has 0 aliphatic heterocycles. The summed E-state index contributed by atoms with van der Waals surface area (Å²) in [6.45, 7) is 1.95. The molecule has 0 N–H and O–H groups in total. The van der Waals surface area contributed by atoms with Gasteiger partial charge in [0.25, 0.3) is 0 Å². The first kappa shape index (κ1) is 19.8. The van der Waals surface area contributed by atoms with Crippen LogP contribution in [0, 0.1) is 11.3 Å². The molecule has 1 amide bonds. The first-order chi connectivity index (χ1) is 12.1. The van der Waals surface area contributed by atoms with Crippen LogP contribution in [0.3, 0.4) is 0 Å². The van der Waals surface area contributed by atoms with Crippen molar-refractivity contribution in [2.24, 2.45) is 0 Å². The molecule has 1 aromatic heterocycles. The molecule has 1 atom stereocenters. The van der Waals surface area contributed by atoms with Crippen LogP contribution in [0.15, 0.2) is 35.7 Å². The molecule has 26 heavy (non-hydrogen) atoms. The summed E-state index contributed by atoms with van der Waals surface area (Å²) in [4.78, 5) is 16.3. The lowest BCUT2D eigenvalue weighted by atomic mass is 10.1. The Morgan fingerprint density at radius 3 is 2.50 bits per heavy atom. The van der Waals surface area contributed by atoms with Gasteiger partial charge >= 0.3 is 6.18 Å². The number of likely N-dealkylation sites (N-methyl/N-ethyl adjacent to an activating group) is 1. The second-order valence-electron chi connectivity index (χ2n) is 5.96. The molecule has 1 unspecified atom stereocenters. The summed E-state index contributed by atoms with van der Waals surface area (Å²) in [6, 6.07) is 8.14. The predicted molar refractivity (Wildman–Crippen MR) is 94.8 cm³/mol. The molecule has 0 saturated heterocycles. The number of rotatable bonds is 5. The summed E-state index contributed by atoms with van der Waals surface area (Å²) in [5.74, 6) is -0.223. The normalized spacial score (nSPS) is 12.3. The van der Waals surface area contributed by atoms with Gasteiger partial charge in [-0.25, -0.2) is 0 Å². The fourth-order valence-corrected chi connectivity index (χ4v) is 3.27. The number of amides is 1. The molecule has 0 radical (unpaired) electrons. The molecule has 1 aromatic carbocycles. The van der Waals surface area contributed by atoms with Gasteiger partial charge < -0.3 is 9.80 Å². The Balaban J connectivity index is 2.51. The third-order valence-electron chi connectivity index (χ3n) is 3.93. The van der Waals surface area contributed by atoms with E-state index in [1.165, 1.54) is 22.3 Å². The Labute approximate surface area is 154 Å². The molecule has 0 spiro atoms. The van der Waals surface area contributed by atoms with Crippen LogP contribution >= 0.6 is 11.3 Å². The van der Waals surface area contributed by atoms with E-state index >= 15 is 0 Å². The van der Waals surface area contributed by atoms with Gasteiger partial charge in [0.2, 0.25) is 5.91 Å². The van der Waals surface area contributed by atoms with Crippen molar-refractivity contribution in [1.82, 2.24) is 4.90 Å². The van der Waals surface area contributed by atoms with Crippen molar-refractivity contribution >= 4 is 22.9 Å². The maximum Gasteiger partial charge on any atom is 0.417 e. The number of nitrogens with zero attached hydrogens (tertiary/aromatic N) is 3. The van der Waals surface area contributed by atoms with Crippen molar-refractivity contribution in [1.29, 1.82) is 5.26 Å². The highest BCUT2D eigenvalue weighted by molar-refractivity contribution is 7.09. The van der Waals surface area contributed by atoms with Crippen LogP contribution in [0.25, 0.3) is 0 Å². The van der Waals surface area contributed by atoms with Crippen LogP contribution < -0.4 is 4.90 Å². The van der Waals surface area contributed by atoms with E-state index in [1.807, 2.05) is 17.5 Å². The molecular weight excluding hydrogens is 363 g/mol. The molecule has 0 aliphatic carbocycles. The van der Waals surface area contributed by atoms with Crippen LogP contribution in [-0.2, 0) is 17.5 Å². The average molecular weight is 381 g/mol. The maximum atomic E-state index is 13.3. The number of alkyl halides is 3. The molecule has 8 heteroatoms. The van der Waals surface area contributed by atoms with Crippen molar-refractivity contribution in [2.75, 3.05) is 19.0 Å². The zero-order chi connectivity index (χ0) is 19.5. The molecule has 0 fully saturated rings. The van der Waals surface area contributed by atoms with E-state index in [9.17, 15) is 18.0 Å². The number of hydrogen-bond donors (Lipinski definition) is 0. The first-order valence-corrected chi connectivity index (χ1v) is 8.64. The van der Waals surface area contributed by atoms with Crippen LogP contribution in [-0.4, -0.2) is 30.9 Å². The minimum atomic E-state index is -4.65. The van der Waals surface area contributed by atoms with Gasteiger partial charge in [-0.3, -0.25) is 4.79 Å². The number of nitriles is 1. The van der Waals surface area contributed by atoms with Crippen LogP contribution in [0.2, 0.25) is 0 Å². The smallest absolute Gasteiger partial charge is 0.355 e. The SMILES string of the molecule is CC(C(=O)N(C)C)N(Cc1cccs1)c1ccc(C#N)c(C(F)(F)F)c1. The fourth-order valence-electron chi connectivity index (χ4n) is 2.57. The van der Waals surface area contributed by atoms with Gasteiger partial charge in [0, 0.05) is 24.7 Å². The van der Waals surface area contributed by atoms with Gasteiger partial charge in [-0.05, 0) is 36.6 Å². The van der Waals surface area contributed by atoms with Crippen molar-refractivity contribution < 1.29 is 18.0 Å². The van der Waals surface area contributed by atoms with Gasteiger partial charge in [-0.2, -0.15) is 18.4 Å². The van der Waals surface area contributed by atoms with Crippen molar-refractivity contribution in [3.63, 3.8) is 0 Å². The Morgan fingerprint density at radius 2 is 2.00 bits per heavy atom. The molecule has 1 heterocycles. The van der Waals surface area contributed by atoms with Gasteiger partial charge in [-0.15, -0.1) is 11.3 Å². The second-order valence-corrected chi connectivity index (χ2v) is 6.99. The topological polar surface area (TPSA) is 47.3 Å². The Bertz CT molecular complexity index is 810. The summed E-state index contributed by atoms with van der Waals surface area (Å²) in [5, 5.41) is 10.8. The number of hydrogen-bond acceptors (Lipinski definition) is 4. The number of halogens is 3. The average Bonchev–Trinajstić information content (AvgIpc) is 3.10. The zero-order valence-corrected chi connectivity index (χ0v) is 15.4. The summed E-state index contributed by atoms with van der Waals surface area (Å²) in [5.41, 5.74) is -1.20. The molecule has 2 aromatic rings. The molecule has 2 rings (SSSR count). The number of carbonyl (C=O) groups excluding carboxylic acids is 1. The minimum absolute atomic E-state index is 0.223. The summed E-state index contributed by atoms with van der Waals surface area (Å²) in [7, 11) is 3.20. The molecular formula is C18H18F3N3OS. The number of benzene rings is 1. The van der Waals surface area contributed by atoms with Crippen LogP contribution in [0.5, 0.6) is 0 Å². The van der Waals surface area contributed by atoms with Crippen LogP contribution in [0.1, 0.15) is 22.9 Å². The largest absolute Gasteiger partial charge is 0.417 e. The monoisotopic (exact) mass is 381 g/mol. The fraction of sp³-hybridized carbons (Fsp3) is 0.333. The Hall–Kier alpha value is -2.53. The third-order valence-corrected chi connectivity index (χ3v) is 4.79. The Morgan fingerprint density at radius 1 is 1.31 bits per heavy atom. The first-order valence-electron chi connectivity index (χ1n) is 7.76. The molecule has 0 aliphatic rings. The van der Waals surface area contributed by atoms with Gasteiger partial charge in [0.05, 0.1) is 23.7 Å². The van der Waals surface area contributed by atoms with Crippen molar-refractivity contribution in [2.45, 2.75) is 25.7 Å². The molecule has 138 valence electrons. The second kappa shape index (κ2) is 7.79. The van der Waals surface area contributed by atoms with E-state index in [1.54, 1.807) is 32.0 Å². The summed E-state index contributed by atoms with van der Waals surface area (Å²) in [6.07, 6.45) is -4.65. The van der Waals surface area contributed by atoms with E-state index in [2.05, 4.69) is 0 Å². The molecule has 0 bridgehead atoms. The number of anilines is 1. The highest BCUT2D eigenvalue weighted by Gasteiger charge is 2.35. The highest BCUT2D eigenvalue weighted by Crippen LogP contribution is 2.35. The highest BCUT2D eigenvalue weighted by atomic mass is 32.1. The molecule has 0 saturated carbocycles. The van der Waals surface area contributed by atoms with Gasteiger partial charge in [0.15, 0.2) is 0 Å². The van der Waals surface area contributed by atoms with E-state index in [-0.39, 0.29) is 11.6 Å². The van der Waals surface area contributed by atoms with E-state index in [0.717, 1.165) is 17.0 Å². The lowest BCUT2D eigenvalue weighted by molar-refractivity contribution is -0.137.